The third kappa shape index (κ3) is 61.4. The smallest absolute Gasteiger partial charge is 0.361 e. The van der Waals surface area contributed by atoms with Crippen LogP contribution in [0.4, 0.5) is 0 Å². The Hall–Kier alpha value is -4.05. The molecule has 9 nitrogen and oxygen atoms in total. The third-order valence-corrected chi connectivity index (χ3v) is 13.5. The fraction of sp³-hybridized carbons (Fsp3) is 0.700. The van der Waals surface area contributed by atoms with E-state index in [1.807, 2.05) is 21.1 Å². The predicted molar refractivity (Wildman–Crippen MR) is 336 cm³/mol. The molecule has 0 aromatic rings. The maximum atomic E-state index is 12.9. The van der Waals surface area contributed by atoms with E-state index in [2.05, 4.69) is 123 Å². The molecule has 0 fully saturated rings. The molecule has 0 aliphatic rings. The second kappa shape index (κ2) is 60.1. The summed E-state index contributed by atoms with van der Waals surface area (Å²) in [5.41, 5.74) is 0. The van der Waals surface area contributed by atoms with Crippen LogP contribution in [0.25, 0.3) is 0 Å². The van der Waals surface area contributed by atoms with Crippen molar-refractivity contribution in [2.45, 2.75) is 270 Å². The molecule has 0 amide bonds. The second-order valence-electron chi connectivity index (χ2n) is 22.3. The van der Waals surface area contributed by atoms with Gasteiger partial charge in [0.05, 0.1) is 34.4 Å². The Balaban J connectivity index is 4.17. The molecule has 1 N–H and O–H groups in total. The summed E-state index contributed by atoms with van der Waals surface area (Å²) in [7, 11) is 5.97. The van der Waals surface area contributed by atoms with Gasteiger partial charge in [-0.25, -0.2) is 4.79 Å². The second-order valence-corrected chi connectivity index (χ2v) is 22.3. The van der Waals surface area contributed by atoms with E-state index >= 15 is 0 Å². The van der Waals surface area contributed by atoms with E-state index in [0.717, 1.165) is 103 Å². The molecule has 0 aromatic carbocycles. The number of allylic oxidation sites excluding steroid dienone is 18. The average molecular weight is 1100 g/mol. The Morgan fingerprint density at radius 3 is 1.01 bits per heavy atom. The van der Waals surface area contributed by atoms with E-state index in [1.54, 1.807) is 0 Å². The van der Waals surface area contributed by atoms with Crippen molar-refractivity contribution in [1.29, 1.82) is 0 Å². The van der Waals surface area contributed by atoms with Gasteiger partial charge in [-0.2, -0.15) is 0 Å². The molecular formula is C70H120NO8+. The Kier molecular flexibility index (Phi) is 57.0. The first-order valence-corrected chi connectivity index (χ1v) is 32.1. The maximum Gasteiger partial charge on any atom is 0.361 e. The zero-order valence-corrected chi connectivity index (χ0v) is 51.5. The molecule has 0 saturated carbocycles. The normalized spacial score (nSPS) is 13.5. The number of hydrogen-bond acceptors (Lipinski definition) is 7. The van der Waals surface area contributed by atoms with Crippen LogP contribution in [0.2, 0.25) is 0 Å². The SMILES string of the molecule is CC/C=C\C/C=C\C/C=C\C/C=C\C/C=C\CCCCCCCCCCCCCCCCCC(=O)OC(COC(=O)CCCCCCCCCCCC/C=C\C/C=C\C/C=C\C/C=C\CC)COC(OCC[N+](C)(C)C)C(=O)O. The Bertz CT molecular complexity index is 1660. The lowest BCUT2D eigenvalue weighted by Gasteiger charge is -2.25. The molecule has 0 rings (SSSR count). The Morgan fingerprint density at radius 1 is 0.380 bits per heavy atom. The molecule has 79 heavy (non-hydrogen) atoms. The summed E-state index contributed by atoms with van der Waals surface area (Å²) in [5.74, 6) is -2.01. The lowest BCUT2D eigenvalue weighted by Crippen LogP contribution is -2.40. The number of carbonyl (C=O) groups excluding carboxylic acids is 2. The number of quaternary nitrogens is 1. The summed E-state index contributed by atoms with van der Waals surface area (Å²) in [6.45, 7) is 4.66. The monoisotopic (exact) mass is 1100 g/mol. The number of ether oxygens (including phenoxy) is 4. The van der Waals surface area contributed by atoms with E-state index in [1.165, 1.54) is 128 Å². The number of carboxylic acids is 1. The number of unbranched alkanes of at least 4 members (excludes halogenated alkanes) is 25. The molecule has 0 bridgehead atoms. The van der Waals surface area contributed by atoms with Gasteiger partial charge in [-0.3, -0.25) is 9.59 Å². The van der Waals surface area contributed by atoms with Crippen LogP contribution in [0.1, 0.15) is 258 Å². The fourth-order valence-corrected chi connectivity index (χ4v) is 8.68. The number of esters is 2. The molecule has 0 heterocycles. The number of nitrogens with zero attached hydrogens (tertiary/aromatic N) is 1. The number of rotatable bonds is 58. The third-order valence-electron chi connectivity index (χ3n) is 13.5. The predicted octanol–water partition coefficient (Wildman–Crippen LogP) is 19.5. The molecular weight excluding hydrogens is 983 g/mol. The number of hydrogen-bond donors (Lipinski definition) is 1. The first kappa shape index (κ1) is 75.0. The number of carbonyl (C=O) groups is 3. The minimum Gasteiger partial charge on any atom is -0.477 e. The van der Waals surface area contributed by atoms with Gasteiger partial charge in [-0.05, 0) is 96.3 Å². The van der Waals surface area contributed by atoms with Gasteiger partial charge in [0.15, 0.2) is 6.10 Å². The van der Waals surface area contributed by atoms with Crippen molar-refractivity contribution in [3.05, 3.63) is 109 Å². The number of carboxylic acid groups (broad SMARTS) is 1. The molecule has 0 aliphatic heterocycles. The van der Waals surface area contributed by atoms with Crippen LogP contribution in [0.3, 0.4) is 0 Å². The average Bonchev–Trinajstić information content (AvgIpc) is 3.42. The molecule has 0 radical (unpaired) electrons. The van der Waals surface area contributed by atoms with Crippen LogP contribution < -0.4 is 0 Å². The zero-order chi connectivity index (χ0) is 57.6. The van der Waals surface area contributed by atoms with Crippen LogP contribution in [0, 0.1) is 0 Å². The summed E-state index contributed by atoms with van der Waals surface area (Å²) < 4.78 is 22.9. The van der Waals surface area contributed by atoms with E-state index in [0.29, 0.717) is 17.4 Å². The minimum atomic E-state index is -1.52. The van der Waals surface area contributed by atoms with E-state index < -0.39 is 24.3 Å². The Labute approximate surface area is 485 Å². The van der Waals surface area contributed by atoms with Gasteiger partial charge in [-0.1, -0.05) is 258 Å². The van der Waals surface area contributed by atoms with Crippen molar-refractivity contribution in [1.82, 2.24) is 0 Å². The van der Waals surface area contributed by atoms with Crippen LogP contribution >= 0.6 is 0 Å². The summed E-state index contributed by atoms with van der Waals surface area (Å²) in [6, 6.07) is 0. The maximum absolute atomic E-state index is 12.9. The van der Waals surface area contributed by atoms with Crippen molar-refractivity contribution in [2.75, 3.05) is 47.5 Å². The largest absolute Gasteiger partial charge is 0.477 e. The van der Waals surface area contributed by atoms with Crippen molar-refractivity contribution in [2.24, 2.45) is 0 Å². The molecule has 0 aliphatic carbocycles. The first-order chi connectivity index (χ1) is 38.6. The van der Waals surface area contributed by atoms with Crippen molar-refractivity contribution in [3.63, 3.8) is 0 Å². The highest BCUT2D eigenvalue weighted by Crippen LogP contribution is 2.16. The van der Waals surface area contributed by atoms with Crippen molar-refractivity contribution >= 4 is 17.9 Å². The first-order valence-electron chi connectivity index (χ1n) is 32.1. The highest BCUT2D eigenvalue weighted by molar-refractivity contribution is 5.71. The van der Waals surface area contributed by atoms with Crippen LogP contribution in [-0.4, -0.2) is 87.4 Å². The Morgan fingerprint density at radius 2 is 0.684 bits per heavy atom. The molecule has 2 atom stereocenters. The van der Waals surface area contributed by atoms with Gasteiger partial charge in [0.2, 0.25) is 0 Å². The summed E-state index contributed by atoms with van der Waals surface area (Å²) in [5, 5.41) is 9.73. The molecule has 0 aromatic heterocycles. The van der Waals surface area contributed by atoms with Crippen LogP contribution in [0.15, 0.2) is 109 Å². The lowest BCUT2D eigenvalue weighted by molar-refractivity contribution is -0.870. The van der Waals surface area contributed by atoms with Crippen molar-refractivity contribution in [3.8, 4) is 0 Å². The van der Waals surface area contributed by atoms with Gasteiger partial charge in [0.1, 0.15) is 13.2 Å². The van der Waals surface area contributed by atoms with Crippen LogP contribution in [0.5, 0.6) is 0 Å². The number of likely N-dealkylation sites (N-methyl/N-ethyl adjacent to an activating group) is 1. The molecule has 0 spiro atoms. The summed E-state index contributed by atoms with van der Waals surface area (Å²) in [4.78, 5) is 37.5. The summed E-state index contributed by atoms with van der Waals surface area (Å²) in [6.07, 6.45) is 80.3. The van der Waals surface area contributed by atoms with Gasteiger partial charge < -0.3 is 28.5 Å². The highest BCUT2D eigenvalue weighted by atomic mass is 16.7. The molecule has 0 saturated heterocycles. The summed E-state index contributed by atoms with van der Waals surface area (Å²) >= 11 is 0. The molecule has 452 valence electrons. The van der Waals surface area contributed by atoms with Gasteiger partial charge >= 0.3 is 17.9 Å². The van der Waals surface area contributed by atoms with Gasteiger partial charge in [0.25, 0.3) is 6.29 Å². The van der Waals surface area contributed by atoms with E-state index in [4.69, 9.17) is 18.9 Å². The van der Waals surface area contributed by atoms with E-state index in [-0.39, 0.29) is 32.2 Å². The standard InChI is InChI=1S/C70H119NO8/c1-6-8-10-12-14-16-18-20-22-24-26-28-30-31-32-33-34-35-36-37-39-41-43-45-47-49-51-53-55-57-59-61-68(73)79-66(65-78-70(69(74)75)76-63-62-71(3,4)5)64-77-67(72)60-58-56-54-52-50-48-46-44-42-40-38-29-27-25-23-21-19-17-15-13-11-9-7-2/h8-11,14-17,20-23,26-29,31-32,66,70H,6-7,12-13,18-19,24-25,30,33-65H2,1-5H3/p+1/b10-8-,11-9-,16-14-,17-15-,22-20-,23-21-,28-26-,29-27-,32-31-. The van der Waals surface area contributed by atoms with Gasteiger partial charge in [0, 0.05) is 12.8 Å². The lowest BCUT2D eigenvalue weighted by atomic mass is 10.0. The van der Waals surface area contributed by atoms with Gasteiger partial charge in [-0.15, -0.1) is 0 Å². The molecule has 9 heteroatoms. The van der Waals surface area contributed by atoms with Crippen molar-refractivity contribution < 1.29 is 42.9 Å². The molecule has 2 unspecified atom stereocenters. The zero-order valence-electron chi connectivity index (χ0n) is 51.5. The van der Waals surface area contributed by atoms with Crippen LogP contribution in [-0.2, 0) is 33.3 Å². The highest BCUT2D eigenvalue weighted by Gasteiger charge is 2.25. The topological polar surface area (TPSA) is 108 Å². The quantitative estimate of drug-likeness (QED) is 0.0211. The minimum absolute atomic E-state index is 0.183. The van der Waals surface area contributed by atoms with E-state index in [9.17, 15) is 19.5 Å². The number of aliphatic carboxylic acids is 1. The fourth-order valence-electron chi connectivity index (χ4n) is 8.68.